The van der Waals surface area contributed by atoms with Crippen molar-refractivity contribution < 1.29 is 8.42 Å². The van der Waals surface area contributed by atoms with Crippen LogP contribution < -0.4 is 0 Å². The summed E-state index contributed by atoms with van der Waals surface area (Å²) in [7, 11) is -3.45. The van der Waals surface area contributed by atoms with Gasteiger partial charge in [0.15, 0.2) is 0 Å². The second-order valence-corrected chi connectivity index (χ2v) is 8.80. The summed E-state index contributed by atoms with van der Waals surface area (Å²) in [5.41, 5.74) is 3.63. The van der Waals surface area contributed by atoms with Crippen LogP contribution >= 0.6 is 0 Å². The van der Waals surface area contributed by atoms with E-state index in [1.54, 1.807) is 18.3 Å². The highest BCUT2D eigenvalue weighted by Crippen LogP contribution is 2.57. The van der Waals surface area contributed by atoms with Crippen molar-refractivity contribution in [2.45, 2.75) is 24.7 Å². The number of benzene rings is 2. The smallest absolute Gasteiger partial charge is 0.263 e. The number of nitrogens with zero attached hydrogens (tertiary/aromatic N) is 1. The Labute approximate surface area is 143 Å². The van der Waals surface area contributed by atoms with E-state index in [0.717, 1.165) is 5.56 Å². The Morgan fingerprint density at radius 3 is 2.12 bits per heavy atom. The fourth-order valence-corrected chi connectivity index (χ4v) is 4.99. The van der Waals surface area contributed by atoms with Gasteiger partial charge < -0.3 is 0 Å². The Balaban J connectivity index is 1.55. The van der Waals surface area contributed by atoms with Crippen LogP contribution in [0.1, 0.15) is 22.6 Å². The second kappa shape index (κ2) is 5.49. The second-order valence-electron chi connectivity index (χ2n) is 6.91. The van der Waals surface area contributed by atoms with Crippen molar-refractivity contribution in [3.8, 4) is 0 Å². The summed E-state index contributed by atoms with van der Waals surface area (Å²) in [5.74, 6) is 1.30. The topological polar surface area (TPSA) is 37.4 Å². The van der Waals surface area contributed by atoms with Gasteiger partial charge in [-0.2, -0.15) is 0 Å². The molecular weight excluding hydrogens is 318 g/mol. The molecule has 0 aromatic heterocycles. The van der Waals surface area contributed by atoms with Gasteiger partial charge >= 0.3 is 0 Å². The molecule has 1 heterocycles. The Hall–Kier alpha value is -2.07. The summed E-state index contributed by atoms with van der Waals surface area (Å²) < 4.78 is 27.2. The first kappa shape index (κ1) is 15.5. The molecule has 0 amide bonds. The highest BCUT2D eigenvalue weighted by Gasteiger charge is 2.52. The summed E-state index contributed by atoms with van der Waals surface area (Å²) in [4.78, 5) is 0.365. The van der Waals surface area contributed by atoms with Gasteiger partial charge in [-0.15, -0.1) is 0 Å². The van der Waals surface area contributed by atoms with Crippen LogP contribution in [0.5, 0.6) is 0 Å². The van der Waals surface area contributed by atoms with E-state index in [0.29, 0.717) is 29.2 Å². The number of hydrogen-bond acceptors (Lipinski definition) is 2. The maximum Gasteiger partial charge on any atom is 0.263 e. The van der Waals surface area contributed by atoms with E-state index in [1.807, 2.05) is 19.1 Å². The minimum atomic E-state index is -3.45. The molecule has 3 atom stereocenters. The van der Waals surface area contributed by atoms with Crippen LogP contribution in [0.25, 0.3) is 0 Å². The lowest BCUT2D eigenvalue weighted by Crippen LogP contribution is -2.30. The lowest BCUT2D eigenvalue weighted by Gasteiger charge is -2.23. The van der Waals surface area contributed by atoms with Gasteiger partial charge in [0, 0.05) is 12.7 Å². The number of allylic oxidation sites excluding steroid dienone is 1. The van der Waals surface area contributed by atoms with Crippen LogP contribution in [0, 0.1) is 25.7 Å². The van der Waals surface area contributed by atoms with E-state index in [2.05, 4.69) is 37.3 Å². The first-order valence-corrected chi connectivity index (χ1v) is 9.74. The van der Waals surface area contributed by atoms with Crippen molar-refractivity contribution in [1.29, 1.82) is 0 Å². The van der Waals surface area contributed by atoms with Gasteiger partial charge in [0.2, 0.25) is 0 Å². The molecule has 1 fully saturated rings. The van der Waals surface area contributed by atoms with Gasteiger partial charge in [-0.05, 0) is 49.3 Å². The molecular formula is C20H21NO2S. The fraction of sp³-hybridized carbons (Fsp3) is 0.300. The normalized spacial score (nSPS) is 25.4. The molecule has 0 saturated heterocycles. The Kier molecular flexibility index (Phi) is 3.53. The molecule has 2 aliphatic rings. The van der Waals surface area contributed by atoms with Crippen LogP contribution in [0.4, 0.5) is 0 Å². The maximum absolute atomic E-state index is 12.8. The maximum atomic E-state index is 12.8. The van der Waals surface area contributed by atoms with Crippen molar-refractivity contribution >= 4 is 10.0 Å². The van der Waals surface area contributed by atoms with E-state index in [4.69, 9.17) is 0 Å². The molecule has 24 heavy (non-hydrogen) atoms. The Bertz CT molecular complexity index is 882. The standard InChI is InChI=1S/C20H21NO2S/c1-14-3-7-16(8-4-14)20-18-11-12-21(13-19(18)20)24(22,23)17-9-5-15(2)6-10-17/h3-12,18-20H,13H2,1-2H3/t18-,19+,20+/m1/s1. The molecule has 0 N–H and O–H groups in total. The van der Waals surface area contributed by atoms with Gasteiger partial charge in [-0.25, -0.2) is 8.42 Å². The lowest BCUT2D eigenvalue weighted by atomic mass is 10.1. The number of sulfonamides is 1. The molecule has 4 rings (SSSR count). The van der Waals surface area contributed by atoms with Crippen molar-refractivity contribution in [3.63, 3.8) is 0 Å². The van der Waals surface area contributed by atoms with E-state index >= 15 is 0 Å². The zero-order chi connectivity index (χ0) is 16.9. The summed E-state index contributed by atoms with van der Waals surface area (Å²) >= 11 is 0. The first-order valence-electron chi connectivity index (χ1n) is 8.30. The summed E-state index contributed by atoms with van der Waals surface area (Å²) in [5, 5.41) is 0. The molecule has 1 aliphatic heterocycles. The zero-order valence-electron chi connectivity index (χ0n) is 13.9. The number of hydrogen-bond donors (Lipinski definition) is 0. The monoisotopic (exact) mass is 339 g/mol. The molecule has 0 spiro atoms. The fourth-order valence-electron chi connectivity index (χ4n) is 3.64. The number of rotatable bonds is 3. The van der Waals surface area contributed by atoms with Crippen LogP contribution in [0.3, 0.4) is 0 Å². The zero-order valence-corrected chi connectivity index (χ0v) is 14.7. The molecule has 1 saturated carbocycles. The van der Waals surface area contributed by atoms with Gasteiger partial charge in [0.25, 0.3) is 10.0 Å². The Morgan fingerprint density at radius 2 is 1.50 bits per heavy atom. The molecule has 0 unspecified atom stereocenters. The summed E-state index contributed by atoms with van der Waals surface area (Å²) in [6, 6.07) is 15.7. The lowest BCUT2D eigenvalue weighted by molar-refractivity contribution is 0.460. The molecule has 0 bridgehead atoms. The van der Waals surface area contributed by atoms with Crippen LogP contribution in [0.2, 0.25) is 0 Å². The largest absolute Gasteiger partial charge is 0.273 e. The summed E-state index contributed by atoms with van der Waals surface area (Å²) in [6.07, 6.45) is 3.81. The molecule has 2 aromatic carbocycles. The first-order chi connectivity index (χ1) is 11.5. The predicted molar refractivity (Wildman–Crippen MR) is 95.1 cm³/mol. The molecule has 2 aromatic rings. The third kappa shape index (κ3) is 2.55. The SMILES string of the molecule is Cc1ccc([C@H]2[C@@H]3C=CN(S(=O)(=O)c4ccc(C)cc4)C[C@@H]32)cc1. The number of fused-ring (bicyclic) bond motifs is 1. The molecule has 3 nitrogen and oxygen atoms in total. The highest BCUT2D eigenvalue weighted by molar-refractivity contribution is 7.89. The van der Waals surface area contributed by atoms with Gasteiger partial charge in [-0.3, -0.25) is 4.31 Å². The van der Waals surface area contributed by atoms with Crippen molar-refractivity contribution in [1.82, 2.24) is 4.31 Å². The molecule has 1 aliphatic carbocycles. The van der Waals surface area contributed by atoms with E-state index in [-0.39, 0.29) is 0 Å². The van der Waals surface area contributed by atoms with Crippen molar-refractivity contribution in [3.05, 3.63) is 77.5 Å². The third-order valence-corrected chi connectivity index (χ3v) is 6.94. The van der Waals surface area contributed by atoms with Crippen molar-refractivity contribution in [2.24, 2.45) is 11.8 Å². The predicted octanol–water partition coefficient (Wildman–Crippen LogP) is 3.85. The minimum absolute atomic E-state index is 0.365. The van der Waals surface area contributed by atoms with E-state index < -0.39 is 10.0 Å². The minimum Gasteiger partial charge on any atom is -0.273 e. The van der Waals surface area contributed by atoms with Crippen LogP contribution in [0.15, 0.2) is 65.7 Å². The van der Waals surface area contributed by atoms with Gasteiger partial charge in [0.1, 0.15) is 0 Å². The highest BCUT2D eigenvalue weighted by atomic mass is 32.2. The van der Waals surface area contributed by atoms with Crippen LogP contribution in [-0.4, -0.2) is 19.3 Å². The third-order valence-electron chi connectivity index (χ3n) is 5.18. The van der Waals surface area contributed by atoms with Gasteiger partial charge in [-0.1, -0.05) is 53.6 Å². The average Bonchev–Trinajstić information content (AvgIpc) is 3.29. The molecule has 0 radical (unpaired) electrons. The average molecular weight is 339 g/mol. The Morgan fingerprint density at radius 1 is 0.917 bits per heavy atom. The van der Waals surface area contributed by atoms with E-state index in [1.165, 1.54) is 15.4 Å². The quantitative estimate of drug-likeness (QED) is 0.852. The van der Waals surface area contributed by atoms with Crippen molar-refractivity contribution in [2.75, 3.05) is 6.54 Å². The van der Waals surface area contributed by atoms with Gasteiger partial charge in [0.05, 0.1) is 4.90 Å². The van der Waals surface area contributed by atoms with E-state index in [9.17, 15) is 8.42 Å². The number of aryl methyl sites for hydroxylation is 2. The summed E-state index contributed by atoms with van der Waals surface area (Å²) in [6.45, 7) is 4.60. The molecule has 124 valence electrons. The molecule has 4 heteroatoms. The van der Waals surface area contributed by atoms with Crippen LogP contribution in [-0.2, 0) is 10.0 Å².